The van der Waals surface area contributed by atoms with Crippen LogP contribution in [0.4, 0.5) is 11.4 Å². The molecule has 0 aliphatic carbocycles. The van der Waals surface area contributed by atoms with Gasteiger partial charge in [-0.3, -0.25) is 4.72 Å². The Morgan fingerprint density at radius 1 is 1.00 bits per heavy atom. The predicted octanol–water partition coefficient (Wildman–Crippen LogP) is 4.55. The second kappa shape index (κ2) is 6.00. The van der Waals surface area contributed by atoms with E-state index >= 15 is 0 Å². The first-order chi connectivity index (χ1) is 13.8. The molecule has 0 amide bonds. The van der Waals surface area contributed by atoms with Crippen molar-refractivity contribution in [1.29, 1.82) is 0 Å². The predicted molar refractivity (Wildman–Crippen MR) is 114 cm³/mol. The smallest absolute Gasteiger partial charge is 0.261 e. The zero-order valence-corrected chi connectivity index (χ0v) is 17.3. The Morgan fingerprint density at radius 2 is 1.72 bits per heavy atom. The highest BCUT2D eigenvalue weighted by atomic mass is 32.2. The first-order valence-corrected chi connectivity index (χ1v) is 11.0. The van der Waals surface area contributed by atoms with Crippen molar-refractivity contribution in [2.75, 3.05) is 10.0 Å². The van der Waals surface area contributed by atoms with Crippen LogP contribution in [0.3, 0.4) is 0 Å². The van der Waals surface area contributed by atoms with Gasteiger partial charge in [-0.15, -0.1) is 0 Å². The zero-order chi connectivity index (χ0) is 20.4. The van der Waals surface area contributed by atoms with Crippen LogP contribution in [0.5, 0.6) is 5.75 Å². The summed E-state index contributed by atoms with van der Waals surface area (Å²) < 4.78 is 34.8. The quantitative estimate of drug-likeness (QED) is 0.669. The van der Waals surface area contributed by atoms with Gasteiger partial charge in [0.05, 0.1) is 16.0 Å². The minimum atomic E-state index is -3.68. The fourth-order valence-electron chi connectivity index (χ4n) is 4.27. The van der Waals surface area contributed by atoms with Crippen LogP contribution < -0.4 is 14.8 Å². The third-order valence-electron chi connectivity index (χ3n) is 6.00. The van der Waals surface area contributed by atoms with Gasteiger partial charge in [0.25, 0.3) is 10.0 Å². The lowest BCUT2D eigenvalue weighted by molar-refractivity contribution is 0.217. The van der Waals surface area contributed by atoms with Crippen molar-refractivity contribution in [3.8, 4) is 5.75 Å². The number of fused-ring (bicyclic) bond motifs is 5. The molecule has 0 saturated heterocycles. The van der Waals surface area contributed by atoms with Crippen molar-refractivity contribution in [3.63, 3.8) is 0 Å². The number of hydrogen-bond acceptors (Lipinski definition) is 4. The lowest BCUT2D eigenvalue weighted by Crippen LogP contribution is -2.35. The van der Waals surface area contributed by atoms with Crippen LogP contribution in [0, 0.1) is 13.8 Å². The molecule has 0 fully saturated rings. The summed E-state index contributed by atoms with van der Waals surface area (Å²) in [4.78, 5) is 0.246. The standard InChI is InChI=1S/C23H22N2O3S/c1-14-8-10-16(11-9-14)29(26,27)25-20-13-18-21(12-15(20)2)28-22-23(18,3)17-6-4-5-7-19(17)24-22/h4-13,22,24-25H,1-3H3/t22-,23+/m1/s1. The van der Waals surface area contributed by atoms with E-state index in [-0.39, 0.29) is 16.5 Å². The number of ether oxygens (including phenoxy) is 1. The Labute approximate surface area is 170 Å². The normalized spacial score (nSPS) is 21.6. The molecule has 29 heavy (non-hydrogen) atoms. The largest absolute Gasteiger partial charge is 0.469 e. The Bertz CT molecular complexity index is 1240. The fraction of sp³-hybridized carbons (Fsp3) is 0.217. The van der Waals surface area contributed by atoms with E-state index in [9.17, 15) is 8.42 Å². The van der Waals surface area contributed by atoms with Crippen LogP contribution in [-0.2, 0) is 15.4 Å². The second-order valence-corrected chi connectivity index (χ2v) is 9.65. The van der Waals surface area contributed by atoms with E-state index in [0.717, 1.165) is 33.7 Å². The van der Waals surface area contributed by atoms with Crippen LogP contribution in [0.2, 0.25) is 0 Å². The summed E-state index contributed by atoms with van der Waals surface area (Å²) in [5, 5.41) is 3.44. The van der Waals surface area contributed by atoms with Gasteiger partial charge < -0.3 is 10.1 Å². The average molecular weight is 407 g/mol. The van der Waals surface area contributed by atoms with Crippen molar-refractivity contribution in [1.82, 2.24) is 0 Å². The topological polar surface area (TPSA) is 67.4 Å². The molecule has 2 atom stereocenters. The number of nitrogens with one attached hydrogen (secondary N) is 2. The highest BCUT2D eigenvalue weighted by Gasteiger charge is 2.52. The zero-order valence-electron chi connectivity index (χ0n) is 16.5. The second-order valence-electron chi connectivity index (χ2n) is 7.97. The minimum Gasteiger partial charge on any atom is -0.469 e. The highest BCUT2D eigenvalue weighted by Crippen LogP contribution is 2.54. The van der Waals surface area contributed by atoms with Gasteiger partial charge in [0.1, 0.15) is 5.75 Å². The SMILES string of the molecule is Cc1ccc(S(=O)(=O)Nc2cc3c(cc2C)O[C@H]2Nc4ccccc4[C@@]32C)cc1. The third-order valence-corrected chi connectivity index (χ3v) is 7.39. The summed E-state index contributed by atoms with van der Waals surface area (Å²) in [6.07, 6.45) is -0.210. The first kappa shape index (κ1) is 18.1. The molecule has 0 saturated carbocycles. The Morgan fingerprint density at radius 3 is 2.48 bits per heavy atom. The maximum Gasteiger partial charge on any atom is 0.261 e. The molecule has 0 bridgehead atoms. The van der Waals surface area contributed by atoms with Gasteiger partial charge in [-0.25, -0.2) is 8.42 Å². The van der Waals surface area contributed by atoms with Crippen molar-refractivity contribution in [2.45, 2.75) is 37.3 Å². The van der Waals surface area contributed by atoms with Crippen molar-refractivity contribution in [2.24, 2.45) is 0 Å². The molecule has 6 heteroatoms. The van der Waals surface area contributed by atoms with Gasteiger partial charge in [0.15, 0.2) is 6.23 Å². The van der Waals surface area contributed by atoms with Crippen LogP contribution in [-0.4, -0.2) is 14.6 Å². The monoisotopic (exact) mass is 406 g/mol. The van der Waals surface area contributed by atoms with Crippen molar-refractivity contribution < 1.29 is 13.2 Å². The molecule has 5 rings (SSSR count). The van der Waals surface area contributed by atoms with E-state index < -0.39 is 10.0 Å². The third kappa shape index (κ3) is 2.63. The van der Waals surface area contributed by atoms with Crippen molar-refractivity contribution in [3.05, 3.63) is 82.9 Å². The number of anilines is 2. The first-order valence-electron chi connectivity index (χ1n) is 9.56. The van der Waals surface area contributed by atoms with Gasteiger partial charge in [0, 0.05) is 11.3 Å². The summed E-state index contributed by atoms with van der Waals surface area (Å²) >= 11 is 0. The van der Waals surface area contributed by atoms with Gasteiger partial charge in [-0.05, 0) is 62.2 Å². The van der Waals surface area contributed by atoms with Gasteiger partial charge in [-0.2, -0.15) is 0 Å². The van der Waals surface area contributed by atoms with Gasteiger partial charge >= 0.3 is 0 Å². The summed E-state index contributed by atoms with van der Waals surface area (Å²) in [6, 6.07) is 18.8. The molecule has 0 spiro atoms. The molecule has 3 aromatic carbocycles. The molecular weight excluding hydrogens is 384 g/mol. The maximum absolute atomic E-state index is 12.9. The maximum atomic E-state index is 12.9. The summed E-state index contributed by atoms with van der Waals surface area (Å²) in [5.74, 6) is 0.787. The summed E-state index contributed by atoms with van der Waals surface area (Å²) in [7, 11) is -3.68. The lowest BCUT2D eigenvalue weighted by atomic mass is 9.77. The number of benzene rings is 3. The summed E-state index contributed by atoms with van der Waals surface area (Å²) in [5.41, 5.74) is 5.20. The molecule has 3 aromatic rings. The Balaban J connectivity index is 1.58. The van der Waals surface area contributed by atoms with E-state index in [1.54, 1.807) is 24.3 Å². The molecule has 2 aliphatic heterocycles. The number of sulfonamides is 1. The van der Waals surface area contributed by atoms with E-state index in [1.165, 1.54) is 0 Å². The van der Waals surface area contributed by atoms with E-state index in [2.05, 4.69) is 23.0 Å². The van der Waals surface area contributed by atoms with Crippen LogP contribution in [0.1, 0.15) is 29.2 Å². The molecule has 2 N–H and O–H groups in total. The molecule has 0 unspecified atom stereocenters. The lowest BCUT2D eigenvalue weighted by Gasteiger charge is -2.23. The van der Waals surface area contributed by atoms with E-state index in [4.69, 9.17) is 4.74 Å². The molecule has 2 heterocycles. The van der Waals surface area contributed by atoms with E-state index in [1.807, 2.05) is 44.2 Å². The fourth-order valence-corrected chi connectivity index (χ4v) is 5.39. The molecule has 5 nitrogen and oxygen atoms in total. The highest BCUT2D eigenvalue weighted by molar-refractivity contribution is 7.92. The molecular formula is C23H22N2O3S. The molecule has 0 radical (unpaired) electrons. The average Bonchev–Trinajstić information content (AvgIpc) is 3.11. The minimum absolute atomic E-state index is 0.210. The van der Waals surface area contributed by atoms with Gasteiger partial charge in [-0.1, -0.05) is 35.9 Å². The number of hydrogen-bond donors (Lipinski definition) is 2. The summed E-state index contributed by atoms with van der Waals surface area (Å²) in [6.45, 7) is 5.95. The van der Waals surface area contributed by atoms with Crippen LogP contribution in [0.15, 0.2) is 65.6 Å². The molecule has 148 valence electrons. The molecule has 2 aliphatic rings. The number of para-hydroxylation sites is 1. The van der Waals surface area contributed by atoms with Crippen LogP contribution in [0.25, 0.3) is 0 Å². The molecule has 0 aromatic heterocycles. The van der Waals surface area contributed by atoms with Crippen LogP contribution >= 0.6 is 0 Å². The van der Waals surface area contributed by atoms with Gasteiger partial charge in [0.2, 0.25) is 0 Å². The Kier molecular flexibility index (Phi) is 3.74. The van der Waals surface area contributed by atoms with Crippen molar-refractivity contribution >= 4 is 21.4 Å². The van der Waals surface area contributed by atoms with E-state index in [0.29, 0.717) is 5.69 Å². The number of rotatable bonds is 3. The number of aryl methyl sites for hydroxylation is 2. The Hall–Kier alpha value is -2.99.